The lowest BCUT2D eigenvalue weighted by atomic mass is 9.78. The molecule has 2 aromatic heterocycles. The molecule has 5 heteroatoms. The van der Waals surface area contributed by atoms with Crippen LogP contribution in [0.25, 0.3) is 72.8 Å². The monoisotopic (exact) mass is 683 g/mol. The van der Waals surface area contributed by atoms with Crippen molar-refractivity contribution < 1.29 is 9.15 Å². The number of benzene rings is 5. The first-order chi connectivity index (χ1) is 26.2. The van der Waals surface area contributed by atoms with E-state index < -0.39 is 0 Å². The van der Waals surface area contributed by atoms with E-state index in [1.54, 1.807) is 0 Å². The molecule has 0 saturated heterocycles. The topological polar surface area (TPSA) is 61.0 Å². The molecule has 0 fully saturated rings. The zero-order valence-corrected chi connectivity index (χ0v) is 29.1. The molecule has 5 nitrogen and oxygen atoms in total. The standard InChI is InChI=1S/C48H33N3O2/c1-28-11-7-14-29-23-25-33-32(16-8-17-35(33)43(28)29)31-24-26-41-39(27-31)44-37(19-10-22-42(44)52-41)47-49-46(30-12-3-2-4-13-30)50-48(51-47)38-20-9-18-36-34-15-5-6-21-40(34)53-45(36)38/h2-13,15-24,26-27,34,40H,14,25H2,1H3. The summed E-state index contributed by atoms with van der Waals surface area (Å²) < 4.78 is 13.1. The minimum atomic E-state index is -0.0418. The molecule has 0 radical (unpaired) electrons. The summed E-state index contributed by atoms with van der Waals surface area (Å²) in [7, 11) is 0. The Labute approximate surface area is 307 Å². The third-order valence-corrected chi connectivity index (χ3v) is 11.1. The van der Waals surface area contributed by atoms with Crippen molar-refractivity contribution in [2.75, 3.05) is 0 Å². The van der Waals surface area contributed by atoms with E-state index in [1.165, 1.54) is 33.4 Å². The van der Waals surface area contributed by atoms with Gasteiger partial charge >= 0.3 is 0 Å². The van der Waals surface area contributed by atoms with Crippen LogP contribution in [-0.2, 0) is 6.42 Å². The molecule has 5 aromatic carbocycles. The normalized spacial score (nSPS) is 18.1. The van der Waals surface area contributed by atoms with Gasteiger partial charge in [0.05, 0.1) is 5.56 Å². The van der Waals surface area contributed by atoms with Gasteiger partial charge in [-0.25, -0.2) is 15.0 Å². The summed E-state index contributed by atoms with van der Waals surface area (Å²) in [6.45, 7) is 2.22. The van der Waals surface area contributed by atoms with E-state index in [0.717, 1.165) is 68.3 Å². The van der Waals surface area contributed by atoms with Gasteiger partial charge < -0.3 is 9.15 Å². The average Bonchev–Trinajstić information content (AvgIpc) is 3.79. The Morgan fingerprint density at radius 3 is 2.34 bits per heavy atom. The van der Waals surface area contributed by atoms with Crippen LogP contribution >= 0.6 is 0 Å². The first-order valence-corrected chi connectivity index (χ1v) is 18.3. The predicted octanol–water partition coefficient (Wildman–Crippen LogP) is 11.6. The zero-order chi connectivity index (χ0) is 35.0. The highest BCUT2D eigenvalue weighted by atomic mass is 16.5. The minimum Gasteiger partial charge on any atom is -0.484 e. The second kappa shape index (κ2) is 11.7. The molecule has 2 atom stereocenters. The summed E-state index contributed by atoms with van der Waals surface area (Å²) in [6.07, 6.45) is 17.3. The molecule has 0 spiro atoms. The molecule has 0 amide bonds. The van der Waals surface area contributed by atoms with Crippen LogP contribution in [-0.4, -0.2) is 21.1 Å². The van der Waals surface area contributed by atoms with Gasteiger partial charge in [-0.1, -0.05) is 115 Å². The quantitative estimate of drug-likeness (QED) is 0.185. The number of ether oxygens (including phenoxy) is 1. The molecule has 4 aliphatic rings. The number of hydrogen-bond donors (Lipinski definition) is 0. The second-order valence-electron chi connectivity index (χ2n) is 14.2. The Balaban J connectivity index is 1.10. The Hall–Kier alpha value is -6.59. The molecule has 0 bridgehead atoms. The molecule has 7 aromatic rings. The fourth-order valence-electron chi connectivity index (χ4n) is 8.66. The molecule has 1 aliphatic heterocycles. The van der Waals surface area contributed by atoms with Gasteiger partial charge in [0, 0.05) is 33.4 Å². The fraction of sp³-hybridized carbons (Fsp3) is 0.104. The SMILES string of the molecule is CC1=C2C(=CCc3c2cccc3-c2ccc3oc4cccc(-c5nc(-c6ccccc6)nc(-c6cccc7c6OC6C=CC=CC76)n5)c4c3c2)CC=C1. The smallest absolute Gasteiger partial charge is 0.167 e. The molecule has 11 rings (SSSR count). The molecule has 3 heterocycles. The number of fused-ring (bicyclic) bond motifs is 9. The van der Waals surface area contributed by atoms with Gasteiger partial charge in [-0.2, -0.15) is 0 Å². The lowest BCUT2D eigenvalue weighted by molar-refractivity contribution is 0.269. The highest BCUT2D eigenvalue weighted by molar-refractivity contribution is 6.13. The van der Waals surface area contributed by atoms with Crippen molar-refractivity contribution in [3.63, 3.8) is 0 Å². The van der Waals surface area contributed by atoms with E-state index in [-0.39, 0.29) is 12.0 Å². The summed E-state index contributed by atoms with van der Waals surface area (Å²) in [4.78, 5) is 15.4. The lowest BCUT2D eigenvalue weighted by Gasteiger charge is -2.26. The summed E-state index contributed by atoms with van der Waals surface area (Å²) in [5.41, 5.74) is 14.7. The Morgan fingerprint density at radius 2 is 1.42 bits per heavy atom. The van der Waals surface area contributed by atoms with Crippen LogP contribution in [0, 0.1) is 0 Å². The number of para-hydroxylation sites is 1. The highest BCUT2D eigenvalue weighted by Crippen LogP contribution is 2.47. The second-order valence-corrected chi connectivity index (χ2v) is 14.2. The average molecular weight is 684 g/mol. The summed E-state index contributed by atoms with van der Waals surface area (Å²) in [5, 5.41) is 2.02. The van der Waals surface area contributed by atoms with E-state index in [4.69, 9.17) is 24.1 Å². The highest BCUT2D eigenvalue weighted by Gasteiger charge is 2.34. The maximum absolute atomic E-state index is 6.57. The molecular weight excluding hydrogens is 651 g/mol. The molecule has 3 aliphatic carbocycles. The molecule has 53 heavy (non-hydrogen) atoms. The van der Waals surface area contributed by atoms with Gasteiger partial charge in [-0.05, 0) is 89.1 Å². The van der Waals surface area contributed by atoms with Crippen LogP contribution in [0.4, 0.5) is 0 Å². The van der Waals surface area contributed by atoms with Crippen molar-refractivity contribution >= 4 is 27.5 Å². The van der Waals surface area contributed by atoms with Gasteiger partial charge in [-0.15, -0.1) is 0 Å². The number of aromatic nitrogens is 3. The van der Waals surface area contributed by atoms with Gasteiger partial charge in [0.25, 0.3) is 0 Å². The number of rotatable bonds is 4. The van der Waals surface area contributed by atoms with Crippen LogP contribution in [0.5, 0.6) is 5.75 Å². The number of furan rings is 1. The van der Waals surface area contributed by atoms with E-state index >= 15 is 0 Å². The summed E-state index contributed by atoms with van der Waals surface area (Å²) in [5.74, 6) is 2.76. The predicted molar refractivity (Wildman–Crippen MR) is 212 cm³/mol. The summed E-state index contributed by atoms with van der Waals surface area (Å²) in [6, 6.07) is 35.8. The van der Waals surface area contributed by atoms with Crippen LogP contribution in [0.1, 0.15) is 36.0 Å². The zero-order valence-electron chi connectivity index (χ0n) is 29.1. The number of hydrogen-bond acceptors (Lipinski definition) is 5. The van der Waals surface area contributed by atoms with Crippen LogP contribution in [0.15, 0.2) is 161 Å². The summed E-state index contributed by atoms with van der Waals surface area (Å²) >= 11 is 0. The molecule has 252 valence electrons. The van der Waals surface area contributed by atoms with E-state index in [0.29, 0.717) is 17.5 Å². The van der Waals surface area contributed by atoms with Gasteiger partial charge in [0.2, 0.25) is 0 Å². The number of nitrogens with zero attached hydrogens (tertiary/aromatic N) is 3. The first-order valence-electron chi connectivity index (χ1n) is 18.3. The Bertz CT molecular complexity index is 2830. The van der Waals surface area contributed by atoms with Crippen molar-refractivity contribution in [3.8, 4) is 51.0 Å². The van der Waals surface area contributed by atoms with E-state index in [1.807, 2.05) is 42.5 Å². The van der Waals surface area contributed by atoms with Gasteiger partial charge in [0.1, 0.15) is 23.0 Å². The first kappa shape index (κ1) is 30.1. The van der Waals surface area contributed by atoms with Crippen molar-refractivity contribution in [2.24, 2.45) is 0 Å². The molecule has 0 saturated carbocycles. The van der Waals surface area contributed by atoms with Crippen LogP contribution < -0.4 is 4.74 Å². The lowest BCUT2D eigenvalue weighted by Crippen LogP contribution is -2.15. The molecular formula is C48H33N3O2. The third-order valence-electron chi connectivity index (χ3n) is 11.1. The van der Waals surface area contributed by atoms with Crippen molar-refractivity contribution in [1.29, 1.82) is 0 Å². The van der Waals surface area contributed by atoms with E-state index in [2.05, 4.69) is 110 Å². The van der Waals surface area contributed by atoms with Crippen molar-refractivity contribution in [3.05, 3.63) is 173 Å². The van der Waals surface area contributed by atoms with E-state index in [9.17, 15) is 0 Å². The Morgan fingerprint density at radius 1 is 0.642 bits per heavy atom. The van der Waals surface area contributed by atoms with Gasteiger partial charge in [-0.3, -0.25) is 0 Å². The largest absolute Gasteiger partial charge is 0.484 e. The van der Waals surface area contributed by atoms with Crippen LogP contribution in [0.2, 0.25) is 0 Å². The van der Waals surface area contributed by atoms with Crippen molar-refractivity contribution in [2.45, 2.75) is 31.8 Å². The number of allylic oxidation sites excluding steroid dienone is 8. The molecule has 2 unspecified atom stereocenters. The maximum Gasteiger partial charge on any atom is 0.167 e. The minimum absolute atomic E-state index is 0.0418. The fourth-order valence-corrected chi connectivity index (χ4v) is 8.66. The van der Waals surface area contributed by atoms with Gasteiger partial charge in [0.15, 0.2) is 17.5 Å². The maximum atomic E-state index is 6.57. The van der Waals surface area contributed by atoms with Crippen molar-refractivity contribution in [1.82, 2.24) is 15.0 Å². The Kier molecular flexibility index (Phi) is 6.65. The molecule has 0 N–H and O–H groups in total. The van der Waals surface area contributed by atoms with Crippen LogP contribution in [0.3, 0.4) is 0 Å². The third kappa shape index (κ3) is 4.74.